The van der Waals surface area contributed by atoms with E-state index >= 15 is 0 Å². The van der Waals surface area contributed by atoms with Crippen LogP contribution in [0.1, 0.15) is 32.1 Å². The van der Waals surface area contributed by atoms with Crippen LogP contribution in [0.4, 0.5) is 5.82 Å². The molecule has 2 aromatic carbocycles. The minimum absolute atomic E-state index is 0.158. The predicted molar refractivity (Wildman–Crippen MR) is 133 cm³/mol. The zero-order valence-electron chi connectivity index (χ0n) is 17.4. The number of methoxy groups -OCH3 is 1. The van der Waals surface area contributed by atoms with Crippen LogP contribution >= 0.6 is 34.9 Å². The number of anilines is 1. The van der Waals surface area contributed by atoms with Crippen LogP contribution in [0.25, 0.3) is 10.2 Å². The Morgan fingerprint density at radius 3 is 2.47 bits per heavy atom. The zero-order valence-corrected chi connectivity index (χ0v) is 19.8. The van der Waals surface area contributed by atoms with E-state index in [1.807, 2.05) is 17.8 Å². The van der Waals surface area contributed by atoms with Crippen LogP contribution in [0, 0.1) is 0 Å². The lowest BCUT2D eigenvalue weighted by Gasteiger charge is -2.30. The second-order valence-corrected chi connectivity index (χ2v) is 10.7. The number of esters is 1. The first-order valence-electron chi connectivity index (χ1n) is 10.2. The third-order valence-corrected chi connectivity index (χ3v) is 9.15. The van der Waals surface area contributed by atoms with E-state index in [1.165, 1.54) is 40.4 Å². The number of fused-ring (bicyclic) bond motifs is 3. The third kappa shape index (κ3) is 4.10. The van der Waals surface area contributed by atoms with Gasteiger partial charge >= 0.3 is 5.97 Å². The van der Waals surface area contributed by atoms with Crippen LogP contribution in [0.3, 0.4) is 0 Å². The summed E-state index contributed by atoms with van der Waals surface area (Å²) in [4.78, 5) is 23.0. The Kier molecular flexibility index (Phi) is 6.08. The van der Waals surface area contributed by atoms with Crippen LogP contribution in [0.5, 0.6) is 0 Å². The molecule has 1 aliphatic rings. The molecule has 0 radical (unpaired) electrons. The minimum atomic E-state index is -0.311. The lowest BCUT2D eigenvalue weighted by atomic mass is 9.98. The second-order valence-electron chi connectivity index (χ2n) is 7.41. The van der Waals surface area contributed by atoms with Gasteiger partial charge in [0.25, 0.3) is 0 Å². The highest BCUT2D eigenvalue weighted by Crippen LogP contribution is 2.55. The molecule has 1 aliphatic heterocycles. The van der Waals surface area contributed by atoms with Crippen molar-refractivity contribution in [1.82, 2.24) is 9.97 Å². The van der Waals surface area contributed by atoms with Crippen molar-refractivity contribution in [2.75, 3.05) is 18.6 Å². The molecule has 3 heterocycles. The molecule has 0 amide bonds. The molecule has 5 rings (SSSR count). The summed E-state index contributed by atoms with van der Waals surface area (Å²) in [7, 11) is 1.37. The molecule has 4 aromatic rings. The molecule has 162 valence electrons. The SMILES string of the molecule is COC(=O)CSc1nc(N)c2c3c(sc2n1)C(c1ccccc1)SC(c1ccccc1)C3. The fraction of sp³-hybridized carbons (Fsp3) is 0.208. The number of thiophene rings is 1. The Morgan fingerprint density at radius 2 is 1.78 bits per heavy atom. The Hall–Kier alpha value is -2.55. The largest absolute Gasteiger partial charge is 0.468 e. The molecule has 8 heteroatoms. The van der Waals surface area contributed by atoms with Gasteiger partial charge in [-0.15, -0.1) is 23.1 Å². The summed E-state index contributed by atoms with van der Waals surface area (Å²) in [6, 6.07) is 21.2. The molecule has 0 fully saturated rings. The van der Waals surface area contributed by atoms with Gasteiger partial charge in [-0.3, -0.25) is 4.79 Å². The van der Waals surface area contributed by atoms with Gasteiger partial charge in [0.1, 0.15) is 10.6 Å². The van der Waals surface area contributed by atoms with Crippen molar-refractivity contribution < 1.29 is 9.53 Å². The van der Waals surface area contributed by atoms with E-state index in [4.69, 9.17) is 15.5 Å². The number of hydrogen-bond acceptors (Lipinski definition) is 8. The number of aromatic nitrogens is 2. The lowest BCUT2D eigenvalue weighted by Crippen LogP contribution is -2.12. The van der Waals surface area contributed by atoms with Gasteiger partial charge in [0.15, 0.2) is 5.16 Å². The average molecular weight is 480 g/mol. The van der Waals surface area contributed by atoms with Crippen molar-refractivity contribution in [3.05, 3.63) is 82.2 Å². The molecule has 0 saturated heterocycles. The van der Waals surface area contributed by atoms with Crippen molar-refractivity contribution >= 4 is 56.9 Å². The number of nitrogens with zero attached hydrogens (tertiary/aromatic N) is 2. The van der Waals surface area contributed by atoms with Crippen LogP contribution in [-0.4, -0.2) is 28.8 Å². The summed E-state index contributed by atoms with van der Waals surface area (Å²) in [6.07, 6.45) is 0.884. The van der Waals surface area contributed by atoms with Gasteiger partial charge in [0.2, 0.25) is 0 Å². The maximum atomic E-state index is 11.5. The monoisotopic (exact) mass is 479 g/mol. The molecule has 0 spiro atoms. The van der Waals surface area contributed by atoms with E-state index in [1.54, 1.807) is 11.3 Å². The van der Waals surface area contributed by atoms with Crippen molar-refractivity contribution in [1.29, 1.82) is 0 Å². The topological polar surface area (TPSA) is 78.1 Å². The van der Waals surface area contributed by atoms with Gasteiger partial charge in [-0.25, -0.2) is 9.97 Å². The summed E-state index contributed by atoms with van der Waals surface area (Å²) in [5.41, 5.74) is 10.3. The second kappa shape index (κ2) is 9.13. The van der Waals surface area contributed by atoms with Gasteiger partial charge in [-0.1, -0.05) is 72.4 Å². The molecule has 0 bridgehead atoms. The average Bonchev–Trinajstić information content (AvgIpc) is 3.22. The first kappa shape index (κ1) is 21.3. The smallest absolute Gasteiger partial charge is 0.316 e. The van der Waals surface area contributed by atoms with Crippen molar-refractivity contribution in [2.24, 2.45) is 0 Å². The van der Waals surface area contributed by atoms with E-state index in [0.717, 1.165) is 16.6 Å². The van der Waals surface area contributed by atoms with Crippen molar-refractivity contribution in [3.63, 3.8) is 0 Å². The van der Waals surface area contributed by atoms with Crippen LogP contribution in [0.15, 0.2) is 65.8 Å². The molecule has 2 unspecified atom stereocenters. The van der Waals surface area contributed by atoms with Crippen molar-refractivity contribution in [2.45, 2.75) is 22.1 Å². The minimum Gasteiger partial charge on any atom is -0.468 e. The number of thioether (sulfide) groups is 2. The fourth-order valence-corrected chi connectivity index (χ4v) is 7.69. The van der Waals surface area contributed by atoms with Crippen LogP contribution in [-0.2, 0) is 16.0 Å². The van der Waals surface area contributed by atoms with Gasteiger partial charge < -0.3 is 10.5 Å². The number of nitrogens with two attached hydrogens (primary N) is 1. The highest BCUT2D eigenvalue weighted by atomic mass is 32.2. The lowest BCUT2D eigenvalue weighted by molar-refractivity contribution is -0.137. The number of carbonyl (C=O) groups is 1. The molecule has 2 aromatic heterocycles. The first-order chi connectivity index (χ1) is 15.6. The molecular formula is C24H21N3O2S3. The van der Waals surface area contributed by atoms with Gasteiger partial charge in [0, 0.05) is 10.1 Å². The van der Waals surface area contributed by atoms with Crippen LogP contribution in [0.2, 0.25) is 0 Å². The number of hydrogen-bond donors (Lipinski definition) is 1. The van der Waals surface area contributed by atoms with E-state index in [-0.39, 0.29) is 17.0 Å². The fourth-order valence-electron chi connectivity index (χ4n) is 3.93. The molecule has 0 saturated carbocycles. The molecule has 0 aliphatic carbocycles. The summed E-state index contributed by atoms with van der Waals surface area (Å²) in [5.74, 6) is 0.324. The first-order valence-corrected chi connectivity index (χ1v) is 12.9. The Balaban J connectivity index is 1.60. The molecule has 32 heavy (non-hydrogen) atoms. The van der Waals surface area contributed by atoms with Gasteiger partial charge in [-0.05, 0) is 23.1 Å². The summed E-state index contributed by atoms with van der Waals surface area (Å²) in [5, 5.41) is 1.98. The number of ether oxygens (including phenoxy) is 1. The van der Waals surface area contributed by atoms with Crippen LogP contribution < -0.4 is 5.73 Å². The normalized spacial score (nSPS) is 17.8. The highest BCUT2D eigenvalue weighted by molar-refractivity contribution is 8.00. The quantitative estimate of drug-likeness (QED) is 0.225. The van der Waals surface area contributed by atoms with Gasteiger partial charge in [0.05, 0.1) is 23.5 Å². The van der Waals surface area contributed by atoms with E-state index < -0.39 is 0 Å². The number of nitrogen functional groups attached to an aromatic ring is 1. The Morgan fingerprint density at radius 1 is 1.09 bits per heavy atom. The van der Waals surface area contributed by atoms with E-state index in [0.29, 0.717) is 16.2 Å². The Labute approximate surface area is 198 Å². The number of rotatable bonds is 5. The maximum Gasteiger partial charge on any atom is 0.316 e. The number of benzene rings is 2. The predicted octanol–water partition coefficient (Wildman–Crippen LogP) is 5.66. The highest BCUT2D eigenvalue weighted by Gasteiger charge is 2.34. The third-order valence-electron chi connectivity index (χ3n) is 5.44. The molecule has 2 N–H and O–H groups in total. The Bertz CT molecular complexity index is 1260. The number of carbonyl (C=O) groups excluding carboxylic acids is 1. The summed E-state index contributed by atoms with van der Waals surface area (Å²) in [6.45, 7) is 0. The maximum absolute atomic E-state index is 11.5. The summed E-state index contributed by atoms with van der Waals surface area (Å²) >= 11 is 4.91. The standard InChI is InChI=1S/C24H21N3O2S3/c1-29-18(28)13-30-24-26-22(25)19-16-12-17(14-8-4-2-5-9-14)31-20(15-10-6-3-7-11-15)21(16)32-23(19)27-24/h2-11,17,20H,12-13H2,1H3,(H2,25,26,27). The summed E-state index contributed by atoms with van der Waals surface area (Å²) < 4.78 is 4.73. The van der Waals surface area contributed by atoms with E-state index in [2.05, 4.69) is 59.6 Å². The van der Waals surface area contributed by atoms with E-state index in [9.17, 15) is 4.79 Å². The molecular weight excluding hydrogens is 458 g/mol. The van der Waals surface area contributed by atoms with Crippen molar-refractivity contribution in [3.8, 4) is 0 Å². The zero-order chi connectivity index (χ0) is 22.1. The molecule has 5 nitrogen and oxygen atoms in total. The molecule has 2 atom stereocenters. The van der Waals surface area contributed by atoms with Gasteiger partial charge in [-0.2, -0.15) is 0 Å².